The first-order valence-corrected chi connectivity index (χ1v) is 48.0. The van der Waals surface area contributed by atoms with Crippen molar-refractivity contribution in [2.75, 3.05) is 24.5 Å². The van der Waals surface area contributed by atoms with E-state index in [1.807, 2.05) is 198 Å². The fourth-order valence-corrected chi connectivity index (χ4v) is 24.4. The number of ether oxygens (including phenoxy) is 3. The summed E-state index contributed by atoms with van der Waals surface area (Å²) in [5.74, 6) is 3.63. The quantitative estimate of drug-likeness (QED) is 0.139. The lowest BCUT2D eigenvalue weighted by Crippen LogP contribution is -2.39. The van der Waals surface area contributed by atoms with Crippen molar-refractivity contribution in [3.05, 3.63) is 430 Å². The van der Waals surface area contributed by atoms with Crippen LogP contribution in [0.4, 0.5) is 39.8 Å². The maximum atomic E-state index is 8.75. The summed E-state index contributed by atoms with van der Waals surface area (Å²) >= 11 is 2.91. The molecule has 140 heavy (non-hydrogen) atoms. The van der Waals surface area contributed by atoms with E-state index in [0.29, 0.717) is 67.9 Å². The highest BCUT2D eigenvalue weighted by Crippen LogP contribution is 2.59. The molecule has 9 heterocycles. The molecule has 15 aromatic carbocycles. The predicted molar refractivity (Wildman–Crippen MR) is 583 cm³/mol. The van der Waals surface area contributed by atoms with E-state index in [4.69, 9.17) is 70.3 Å². The van der Waals surface area contributed by atoms with Crippen LogP contribution in [0.5, 0.6) is 34.5 Å². The maximum Gasteiger partial charge on any atom is 0.211 e. The van der Waals surface area contributed by atoms with E-state index >= 15 is 0 Å². The third-order valence-corrected chi connectivity index (χ3v) is 30.9. The fourth-order valence-electron chi connectivity index (χ4n) is 21.7. The zero-order valence-corrected chi connectivity index (χ0v) is 77.7. The van der Waals surface area contributed by atoms with Gasteiger partial charge in [-0.15, -0.1) is 0 Å². The Morgan fingerprint density at radius 1 is 0.264 bits per heavy atom. The monoisotopic (exact) mass is 1880 g/mol. The van der Waals surface area contributed by atoms with Gasteiger partial charge in [0.2, 0.25) is 11.9 Å². The molecule has 6 unspecified atom stereocenters. The number of fused-ring (bicyclic) bond motifs is 21. The Balaban J connectivity index is 0.000000128. The molecule has 0 aromatic heterocycles. The first-order valence-electron chi connectivity index (χ1n) is 61.4. The van der Waals surface area contributed by atoms with Gasteiger partial charge < -0.3 is 28.9 Å². The van der Waals surface area contributed by atoms with Gasteiger partial charge in [0.25, 0.3) is 0 Å². The van der Waals surface area contributed by atoms with Gasteiger partial charge in [-0.25, -0.2) is 9.98 Å². The first kappa shape index (κ1) is 59.9. The highest BCUT2D eigenvalue weighted by Gasteiger charge is 2.49. The number of aliphatic imine (C=N–C) groups is 3. The zero-order valence-electron chi connectivity index (χ0n) is 106. The third-order valence-electron chi connectivity index (χ3n) is 28.5. The Morgan fingerprint density at radius 2 is 0.621 bits per heavy atom. The molecule has 6 atom stereocenters. The van der Waals surface area contributed by atoms with Crippen molar-refractivity contribution in [2.24, 2.45) is 15.0 Å². The number of hydrogen-bond donors (Lipinski definition) is 0. The largest absolute Gasteiger partial charge is 0.456 e. The number of thioether (sulfide) groups is 1. The number of amidine groups is 1. The van der Waals surface area contributed by atoms with Gasteiger partial charge in [0.05, 0.1) is 64.7 Å². The van der Waals surface area contributed by atoms with Gasteiger partial charge >= 0.3 is 0 Å². The Labute approximate surface area is 871 Å². The summed E-state index contributed by atoms with van der Waals surface area (Å²) in [6, 6.07) is 79.7. The molecule has 12 aliphatic rings. The molecular formula is C127H106N8O3S2. The minimum Gasteiger partial charge on any atom is -0.456 e. The first-order chi connectivity index (χ1) is 80.2. The topological polar surface area (TPSA) is 81.0 Å². The molecule has 0 fully saturated rings. The predicted octanol–water partition coefficient (Wildman–Crippen LogP) is 32.5. The molecule has 27 rings (SSSR count). The molecule has 0 amide bonds. The number of para-hydroxylation sites is 9. The maximum absolute atomic E-state index is 8.75. The number of hydrogen-bond acceptors (Lipinski definition) is 13. The van der Waals surface area contributed by atoms with Crippen molar-refractivity contribution in [3.8, 4) is 112 Å². The van der Waals surface area contributed by atoms with Crippen LogP contribution >= 0.6 is 23.5 Å². The smallest absolute Gasteiger partial charge is 0.211 e. The number of guanidine groups is 2. The zero-order chi connectivity index (χ0) is 120. The number of rotatable bonds is 9. The average molecular weight is 1890 g/mol. The van der Waals surface area contributed by atoms with Crippen molar-refractivity contribution in [1.29, 1.82) is 0 Å². The van der Waals surface area contributed by atoms with Crippen molar-refractivity contribution in [1.82, 2.24) is 0 Å². The second-order valence-electron chi connectivity index (χ2n) is 37.4. The Bertz CT molecular complexity index is 9070. The molecule has 13 heteroatoms. The van der Waals surface area contributed by atoms with E-state index in [1.165, 1.54) is 54.2 Å². The van der Waals surface area contributed by atoms with Crippen LogP contribution in [0.25, 0.3) is 77.9 Å². The molecule has 11 nitrogen and oxygen atoms in total. The summed E-state index contributed by atoms with van der Waals surface area (Å²) < 4.78 is 280. The molecule has 0 spiro atoms. The van der Waals surface area contributed by atoms with Crippen LogP contribution < -0.4 is 38.7 Å². The molecule has 0 radical (unpaired) electrons. The van der Waals surface area contributed by atoms with Crippen LogP contribution in [0.2, 0.25) is 0 Å². The molecule has 0 N–H and O–H groups in total. The van der Waals surface area contributed by atoms with Gasteiger partial charge in [-0.05, 0) is 299 Å². The van der Waals surface area contributed by atoms with Crippen LogP contribution in [-0.4, -0.2) is 53.3 Å². The molecule has 0 bridgehead atoms. The number of aryl methyl sites for hydroxylation is 10. The van der Waals surface area contributed by atoms with Gasteiger partial charge in [-0.1, -0.05) is 306 Å². The van der Waals surface area contributed by atoms with E-state index in [0.717, 1.165) is 71.7 Å². The molecule has 0 saturated heterocycles. The van der Waals surface area contributed by atoms with E-state index in [1.54, 1.807) is 109 Å². The molecule has 0 saturated carbocycles. The lowest BCUT2D eigenvalue weighted by molar-refractivity contribution is 0.361. The lowest BCUT2D eigenvalue weighted by Gasteiger charge is -2.35. The highest BCUT2D eigenvalue weighted by molar-refractivity contribution is 8.15. The van der Waals surface area contributed by atoms with Crippen LogP contribution in [0.3, 0.4) is 0 Å². The number of anilines is 7. The summed E-state index contributed by atoms with van der Waals surface area (Å²) in [4.78, 5) is 27.8. The van der Waals surface area contributed by atoms with E-state index < -0.39 is 79.3 Å². The van der Waals surface area contributed by atoms with Gasteiger partial charge in [-0.3, -0.25) is 14.8 Å². The summed E-state index contributed by atoms with van der Waals surface area (Å²) in [6.07, 6.45) is 24.2. The summed E-state index contributed by atoms with van der Waals surface area (Å²) in [5, 5.41) is 0.734. The lowest BCUT2D eigenvalue weighted by atomic mass is 9.74. The second-order valence-corrected chi connectivity index (χ2v) is 39.4. The Hall–Kier alpha value is -15.2. The molecule has 684 valence electrons. The van der Waals surface area contributed by atoms with Gasteiger partial charge in [0.1, 0.15) is 11.5 Å². The van der Waals surface area contributed by atoms with Crippen molar-refractivity contribution >= 4 is 80.4 Å². The van der Waals surface area contributed by atoms with Crippen LogP contribution in [0.15, 0.2) is 382 Å². The summed E-state index contributed by atoms with van der Waals surface area (Å²) in [6.45, 7) is -19.4. The van der Waals surface area contributed by atoms with Crippen molar-refractivity contribution in [2.45, 2.75) is 158 Å². The van der Waals surface area contributed by atoms with E-state index in [-0.39, 0.29) is 165 Å². The number of nitrogens with zero attached hydrogens (tertiary/aromatic N) is 8. The highest BCUT2D eigenvalue weighted by atomic mass is 32.2. The minimum atomic E-state index is -2.93. The fraction of sp³-hybridized carbons (Fsp3) is 0.173. The van der Waals surface area contributed by atoms with Crippen molar-refractivity contribution in [3.63, 3.8) is 0 Å². The Morgan fingerprint density at radius 3 is 1.15 bits per heavy atom. The van der Waals surface area contributed by atoms with Crippen LogP contribution in [0.1, 0.15) is 147 Å². The second kappa shape index (κ2) is 33.3. The molecule has 9 aliphatic heterocycles. The standard InChI is InChI=1S/C43H37N3O.C43H37N3S.C41H32N2O2S/c2*1-26-23-29(45-38-18-9-10-19-39(38)46-37-17-8-7-16-36(37)44-42(45)46)21-22-30(26)32-24-28(3)33(25-27(32)2)31-13-12-15-35-41(31)47-40-20-11-6-14-34(40)43(35,4)5;1-23-21-31(25(3)19-29(23)27-11-10-18-38-39(27)45-37-17-8-7-16-36(37)44-38)32-22-24(2)30(20-26(32)4)28-12-9-15-35-40(28)46-41-42-33-13-5-6-14-34(33)43(35)41/h2*6-25,36-37H,1-5H3;5-22,33-34H,1-4H3/i2*1D3,2D3,3D3;1D3,2D3,3D3,4D3. The number of benzene rings is 15. The van der Waals surface area contributed by atoms with Crippen molar-refractivity contribution < 1.29 is 55.3 Å². The van der Waals surface area contributed by atoms with E-state index in [2.05, 4.69) is 60.6 Å². The molecule has 3 aliphatic carbocycles. The number of allylic oxidation sites excluding steroid dienone is 6. The average Bonchev–Trinajstić information content (AvgIpc) is 1.49. The van der Waals surface area contributed by atoms with Crippen LogP contribution in [-0.2, 0) is 10.8 Å². The Kier molecular flexibility index (Phi) is 14.2. The molecule has 15 aromatic rings. The summed E-state index contributed by atoms with van der Waals surface area (Å²) in [5.41, 5.74) is 8.69. The van der Waals surface area contributed by atoms with Crippen LogP contribution in [0, 0.1) is 68.5 Å². The van der Waals surface area contributed by atoms with Gasteiger partial charge in [0.15, 0.2) is 28.2 Å². The van der Waals surface area contributed by atoms with Gasteiger partial charge in [-0.2, -0.15) is 0 Å². The third kappa shape index (κ3) is 13.9. The molecular weight excluding hydrogens is 1750 g/mol. The minimum absolute atomic E-state index is 0.00341. The summed E-state index contributed by atoms with van der Waals surface area (Å²) in [7, 11) is 0. The van der Waals surface area contributed by atoms with Gasteiger partial charge in [0, 0.05) is 100 Å². The normalized spacial score (nSPS) is 23.1. The SMILES string of the molecule is [2H]C([2H])([2H])c1cc(-c2cccc3c2Oc2ccccc2O3)c(C([2H])([2H])[2H])cc1-c1cc(C([2H])([2H])[2H])c(-c2cccc3c2SC2=NC4C=CC=CC4N23)cc1C([2H])([2H])[2H].[2H]C([2H])([2H])c1cc(N2C3=NC4C=CC=CC4N3c3ccccc32)ccc1-c1cc(C([2H])([2H])[2H])c(-c2cccc3c2Oc2ccccc2C3(C)C)cc1C([2H])([2H])[2H].[2H]C([2H])([2H])c1cc(N2C3=NC4C=CC=CC4N3c3ccccc32)ccc1-c1cc(C([2H])([2H])[2H])c(-c2cccc3c2Sc2ccccc2C3(C)C)cc1C([2H])([2H])[2H]. The van der Waals surface area contributed by atoms with E-state index in [9.17, 15) is 0 Å².